The highest BCUT2D eigenvalue weighted by Gasteiger charge is 2.12. The molecule has 0 N–H and O–H groups in total. The van der Waals surface area contributed by atoms with Gasteiger partial charge in [0, 0.05) is 5.56 Å². The van der Waals surface area contributed by atoms with Gasteiger partial charge in [-0.3, -0.25) is 4.79 Å². The predicted molar refractivity (Wildman–Crippen MR) is 99.4 cm³/mol. The molecule has 0 aliphatic heterocycles. The second kappa shape index (κ2) is 8.07. The Morgan fingerprint density at radius 3 is 2.48 bits per heavy atom. The number of carbonyl (C=O) groups is 1. The summed E-state index contributed by atoms with van der Waals surface area (Å²) in [4.78, 5) is 12.4. The first-order valence-corrected chi connectivity index (χ1v) is 9.26. The monoisotopic (exact) mass is 352 g/mol. The van der Waals surface area contributed by atoms with Crippen LogP contribution in [0.3, 0.4) is 0 Å². The molecule has 0 fully saturated rings. The van der Waals surface area contributed by atoms with Gasteiger partial charge in [0.1, 0.15) is 0 Å². The van der Waals surface area contributed by atoms with Crippen molar-refractivity contribution in [3.8, 4) is 5.69 Å². The smallest absolute Gasteiger partial charge is 0.214 e. The Bertz CT molecular complexity index is 841. The molecule has 0 bridgehead atoms. The van der Waals surface area contributed by atoms with Gasteiger partial charge in [0.2, 0.25) is 5.16 Å². The highest BCUT2D eigenvalue weighted by Crippen LogP contribution is 2.20. The maximum Gasteiger partial charge on any atom is 0.214 e. The van der Waals surface area contributed by atoms with E-state index in [0.717, 1.165) is 24.1 Å². The summed E-state index contributed by atoms with van der Waals surface area (Å²) < 4.78 is 1.65. The lowest BCUT2D eigenvalue weighted by molar-refractivity contribution is 0.102. The molecule has 3 aromatic rings. The van der Waals surface area contributed by atoms with Crippen LogP contribution in [0.15, 0.2) is 53.7 Å². The van der Waals surface area contributed by atoms with E-state index in [1.165, 1.54) is 22.9 Å². The Balaban J connectivity index is 1.66. The lowest BCUT2D eigenvalue weighted by Gasteiger charge is -2.05. The third kappa shape index (κ3) is 4.33. The maximum atomic E-state index is 12.4. The van der Waals surface area contributed by atoms with Gasteiger partial charge < -0.3 is 0 Å². The van der Waals surface area contributed by atoms with Gasteiger partial charge >= 0.3 is 0 Å². The fourth-order valence-corrected chi connectivity index (χ4v) is 3.26. The molecule has 0 radical (unpaired) electrons. The average molecular weight is 352 g/mol. The number of Topliss-reactive ketones (excluding diaryl/α,β-unsaturated/α-hetero) is 1. The first-order valence-electron chi connectivity index (χ1n) is 8.27. The standard InChI is InChI=1S/C19H20N4OS/c1-3-4-15-7-9-16(10-8-15)18(24)13-25-19-20-21-22-23(19)17-11-5-14(2)6-12-17/h5-12H,3-4,13H2,1-2H3. The summed E-state index contributed by atoms with van der Waals surface area (Å²) in [5.74, 6) is 0.380. The number of ketones is 1. The number of thioether (sulfide) groups is 1. The molecule has 0 unspecified atom stereocenters. The Kier molecular flexibility index (Phi) is 5.60. The molecule has 0 aliphatic carbocycles. The van der Waals surface area contributed by atoms with Crippen molar-refractivity contribution in [3.05, 3.63) is 65.2 Å². The van der Waals surface area contributed by atoms with Crippen molar-refractivity contribution in [1.29, 1.82) is 0 Å². The fraction of sp³-hybridized carbons (Fsp3) is 0.263. The van der Waals surface area contributed by atoms with E-state index in [-0.39, 0.29) is 5.78 Å². The molecule has 128 valence electrons. The first-order chi connectivity index (χ1) is 12.2. The van der Waals surface area contributed by atoms with Crippen LogP contribution in [0.2, 0.25) is 0 Å². The molecule has 25 heavy (non-hydrogen) atoms. The van der Waals surface area contributed by atoms with Gasteiger partial charge in [-0.1, -0.05) is 67.1 Å². The molecule has 6 heteroatoms. The molecular weight excluding hydrogens is 332 g/mol. The number of tetrazole rings is 1. The largest absolute Gasteiger partial charge is 0.293 e. The number of hydrogen-bond donors (Lipinski definition) is 0. The summed E-state index contributed by atoms with van der Waals surface area (Å²) in [5.41, 5.74) is 4.04. The Hall–Kier alpha value is -2.47. The summed E-state index contributed by atoms with van der Waals surface area (Å²) in [7, 11) is 0. The molecule has 0 aliphatic rings. The zero-order valence-electron chi connectivity index (χ0n) is 14.3. The van der Waals surface area contributed by atoms with Crippen molar-refractivity contribution < 1.29 is 4.79 Å². The van der Waals surface area contributed by atoms with Crippen LogP contribution in [0.4, 0.5) is 0 Å². The summed E-state index contributed by atoms with van der Waals surface area (Å²) in [5, 5.41) is 12.4. The van der Waals surface area contributed by atoms with E-state index >= 15 is 0 Å². The molecule has 0 spiro atoms. The van der Waals surface area contributed by atoms with E-state index in [9.17, 15) is 4.79 Å². The van der Waals surface area contributed by atoms with E-state index in [0.29, 0.717) is 10.9 Å². The van der Waals surface area contributed by atoms with Crippen molar-refractivity contribution in [2.45, 2.75) is 31.8 Å². The van der Waals surface area contributed by atoms with Crippen LogP contribution >= 0.6 is 11.8 Å². The van der Waals surface area contributed by atoms with E-state index in [1.54, 1.807) is 4.68 Å². The zero-order chi connectivity index (χ0) is 17.6. The highest BCUT2D eigenvalue weighted by molar-refractivity contribution is 7.99. The molecule has 1 heterocycles. The first kappa shape index (κ1) is 17.4. The van der Waals surface area contributed by atoms with Gasteiger partial charge in [0.25, 0.3) is 0 Å². The van der Waals surface area contributed by atoms with Crippen molar-refractivity contribution >= 4 is 17.5 Å². The molecule has 0 saturated carbocycles. The molecule has 0 atom stereocenters. The minimum Gasteiger partial charge on any atom is -0.293 e. The van der Waals surface area contributed by atoms with Crippen LogP contribution in [-0.2, 0) is 6.42 Å². The van der Waals surface area contributed by atoms with E-state index in [2.05, 4.69) is 22.4 Å². The third-order valence-electron chi connectivity index (χ3n) is 3.87. The van der Waals surface area contributed by atoms with Gasteiger partial charge in [-0.2, -0.15) is 4.68 Å². The molecule has 0 amide bonds. The quantitative estimate of drug-likeness (QED) is 0.477. The summed E-state index contributed by atoms with van der Waals surface area (Å²) >= 11 is 1.35. The summed E-state index contributed by atoms with van der Waals surface area (Å²) in [6.45, 7) is 4.18. The van der Waals surface area contributed by atoms with Crippen LogP contribution in [0.25, 0.3) is 5.69 Å². The van der Waals surface area contributed by atoms with Crippen LogP contribution in [0, 0.1) is 6.92 Å². The van der Waals surface area contributed by atoms with Gasteiger partial charge in [-0.25, -0.2) is 0 Å². The van der Waals surface area contributed by atoms with E-state index < -0.39 is 0 Å². The van der Waals surface area contributed by atoms with Crippen molar-refractivity contribution in [2.75, 3.05) is 5.75 Å². The third-order valence-corrected chi connectivity index (χ3v) is 4.79. The fourth-order valence-electron chi connectivity index (χ4n) is 2.48. The van der Waals surface area contributed by atoms with Crippen molar-refractivity contribution in [1.82, 2.24) is 20.2 Å². The van der Waals surface area contributed by atoms with Gasteiger partial charge in [0.05, 0.1) is 11.4 Å². The van der Waals surface area contributed by atoms with Crippen LogP contribution in [0.1, 0.15) is 34.8 Å². The molecular formula is C19H20N4OS. The number of hydrogen-bond acceptors (Lipinski definition) is 5. The molecule has 5 nitrogen and oxygen atoms in total. The topological polar surface area (TPSA) is 60.7 Å². The normalized spacial score (nSPS) is 10.8. The SMILES string of the molecule is CCCc1ccc(C(=O)CSc2nnnn2-c2ccc(C)cc2)cc1. The number of carbonyl (C=O) groups excluding carboxylic acids is 1. The second-order valence-electron chi connectivity index (χ2n) is 5.87. The van der Waals surface area contributed by atoms with Crippen LogP contribution in [0.5, 0.6) is 0 Å². The Morgan fingerprint density at radius 2 is 1.80 bits per heavy atom. The molecule has 2 aromatic carbocycles. The van der Waals surface area contributed by atoms with E-state index in [1.807, 2.05) is 55.5 Å². The number of benzene rings is 2. The van der Waals surface area contributed by atoms with Crippen LogP contribution in [-0.4, -0.2) is 31.7 Å². The number of aromatic nitrogens is 4. The highest BCUT2D eigenvalue weighted by atomic mass is 32.2. The van der Waals surface area contributed by atoms with Crippen LogP contribution < -0.4 is 0 Å². The van der Waals surface area contributed by atoms with Gasteiger partial charge in [0.15, 0.2) is 5.78 Å². The predicted octanol–water partition coefficient (Wildman–Crippen LogP) is 3.90. The molecule has 1 aromatic heterocycles. The maximum absolute atomic E-state index is 12.4. The van der Waals surface area contributed by atoms with Gasteiger partial charge in [-0.15, -0.1) is 5.10 Å². The second-order valence-corrected chi connectivity index (χ2v) is 6.81. The number of nitrogens with zero attached hydrogens (tertiary/aromatic N) is 4. The lowest BCUT2D eigenvalue weighted by Crippen LogP contribution is -2.05. The molecule has 3 rings (SSSR count). The van der Waals surface area contributed by atoms with Crippen molar-refractivity contribution in [2.24, 2.45) is 0 Å². The average Bonchev–Trinajstić information content (AvgIpc) is 3.10. The van der Waals surface area contributed by atoms with Crippen molar-refractivity contribution in [3.63, 3.8) is 0 Å². The Labute approximate surface area is 151 Å². The summed E-state index contributed by atoms with van der Waals surface area (Å²) in [6, 6.07) is 15.8. The zero-order valence-corrected chi connectivity index (χ0v) is 15.2. The van der Waals surface area contributed by atoms with Gasteiger partial charge in [-0.05, 0) is 41.5 Å². The summed E-state index contributed by atoms with van der Waals surface area (Å²) in [6.07, 6.45) is 2.14. The minimum atomic E-state index is 0.0755. The lowest BCUT2D eigenvalue weighted by atomic mass is 10.1. The number of rotatable bonds is 7. The number of aryl methyl sites for hydroxylation is 2. The minimum absolute atomic E-state index is 0.0755. The molecule has 0 saturated heterocycles. The van der Waals surface area contributed by atoms with E-state index in [4.69, 9.17) is 0 Å². The Morgan fingerprint density at radius 1 is 1.08 bits per heavy atom.